The Morgan fingerprint density at radius 3 is 2.63 bits per heavy atom. The van der Waals surface area contributed by atoms with Gasteiger partial charge in [0.05, 0.1) is 29.1 Å². The van der Waals surface area contributed by atoms with Crippen LogP contribution in [0.1, 0.15) is 11.3 Å². The molecule has 2 aromatic heterocycles. The number of rotatable bonds is 5. The Labute approximate surface area is 162 Å². The van der Waals surface area contributed by atoms with Crippen molar-refractivity contribution in [1.29, 1.82) is 0 Å². The fraction of sp³-hybridized carbons (Fsp3) is 0.222. The van der Waals surface area contributed by atoms with Crippen LogP contribution in [-0.4, -0.2) is 25.0 Å². The molecule has 0 saturated carbocycles. The van der Waals surface area contributed by atoms with Crippen LogP contribution in [0.3, 0.4) is 0 Å². The summed E-state index contributed by atoms with van der Waals surface area (Å²) in [4.78, 5) is 18.4. The average molecular weight is 411 g/mol. The lowest BCUT2D eigenvalue weighted by atomic mass is 10.1. The van der Waals surface area contributed by atoms with E-state index in [-0.39, 0.29) is 12.1 Å². The number of hydrogen-bond acceptors (Lipinski definition) is 5. The average Bonchev–Trinajstić information content (AvgIpc) is 3.24. The Morgan fingerprint density at radius 2 is 2.00 bits per heavy atom. The maximum Gasteiger partial charge on any atom is 0.416 e. The summed E-state index contributed by atoms with van der Waals surface area (Å²) in [5, 5.41) is 9.09. The summed E-state index contributed by atoms with van der Waals surface area (Å²) in [6, 6.07) is 5.24. The third kappa shape index (κ3) is 4.67. The molecule has 27 heavy (non-hydrogen) atoms. The van der Waals surface area contributed by atoms with Crippen LogP contribution >= 0.6 is 22.7 Å². The number of thiazole rings is 1. The first-order chi connectivity index (χ1) is 12.7. The summed E-state index contributed by atoms with van der Waals surface area (Å²) >= 11 is 2.99. The molecule has 1 aromatic carbocycles. The molecule has 2 heterocycles. The van der Waals surface area contributed by atoms with E-state index in [0.717, 1.165) is 22.7 Å². The SMILES string of the molecule is CN(C)c1ccc(C(F)(F)F)cc1NC(=O)Cc1csc(-c2ccsc2)n1. The van der Waals surface area contributed by atoms with E-state index in [4.69, 9.17) is 0 Å². The lowest BCUT2D eigenvalue weighted by Crippen LogP contribution is -2.19. The van der Waals surface area contributed by atoms with Gasteiger partial charge in [-0.25, -0.2) is 4.98 Å². The summed E-state index contributed by atoms with van der Waals surface area (Å²) in [5.41, 5.74) is 1.38. The summed E-state index contributed by atoms with van der Waals surface area (Å²) in [5.74, 6) is -0.417. The van der Waals surface area contributed by atoms with Crippen molar-refractivity contribution in [1.82, 2.24) is 4.98 Å². The lowest BCUT2D eigenvalue weighted by Gasteiger charge is -2.19. The first kappa shape index (κ1) is 19.4. The lowest BCUT2D eigenvalue weighted by molar-refractivity contribution is -0.137. The van der Waals surface area contributed by atoms with Gasteiger partial charge in [0.25, 0.3) is 0 Å². The van der Waals surface area contributed by atoms with Crippen molar-refractivity contribution in [3.63, 3.8) is 0 Å². The highest BCUT2D eigenvalue weighted by Gasteiger charge is 2.31. The predicted molar refractivity (Wildman–Crippen MR) is 104 cm³/mol. The molecule has 0 aliphatic rings. The number of amides is 1. The van der Waals surface area contributed by atoms with Crippen molar-refractivity contribution >= 4 is 40.0 Å². The third-order valence-corrected chi connectivity index (χ3v) is 5.36. The molecule has 0 spiro atoms. The number of nitrogens with one attached hydrogen (secondary N) is 1. The van der Waals surface area contributed by atoms with Gasteiger partial charge in [-0.3, -0.25) is 4.79 Å². The van der Waals surface area contributed by atoms with E-state index in [9.17, 15) is 18.0 Å². The smallest absolute Gasteiger partial charge is 0.376 e. The van der Waals surface area contributed by atoms with Gasteiger partial charge in [0.2, 0.25) is 5.91 Å². The normalized spacial score (nSPS) is 11.4. The zero-order chi connectivity index (χ0) is 19.6. The van der Waals surface area contributed by atoms with Crippen LogP contribution in [0.2, 0.25) is 0 Å². The second-order valence-electron chi connectivity index (χ2n) is 6.01. The summed E-state index contributed by atoms with van der Waals surface area (Å²) in [7, 11) is 3.40. The number of halogens is 3. The monoisotopic (exact) mass is 411 g/mol. The molecule has 1 N–H and O–H groups in total. The minimum Gasteiger partial charge on any atom is -0.376 e. The highest BCUT2D eigenvalue weighted by atomic mass is 32.1. The van der Waals surface area contributed by atoms with Gasteiger partial charge in [-0.05, 0) is 29.6 Å². The van der Waals surface area contributed by atoms with E-state index < -0.39 is 17.6 Å². The molecule has 3 aromatic rings. The van der Waals surface area contributed by atoms with Gasteiger partial charge in [0.15, 0.2) is 0 Å². The van der Waals surface area contributed by atoms with E-state index >= 15 is 0 Å². The molecule has 0 aliphatic heterocycles. The van der Waals surface area contributed by atoms with Gasteiger partial charge in [0, 0.05) is 30.4 Å². The topological polar surface area (TPSA) is 45.2 Å². The Kier molecular flexibility index (Phi) is 5.52. The molecule has 1 amide bonds. The third-order valence-electron chi connectivity index (χ3n) is 3.74. The minimum absolute atomic E-state index is 0.0102. The highest BCUT2D eigenvalue weighted by molar-refractivity contribution is 7.14. The van der Waals surface area contributed by atoms with Crippen molar-refractivity contribution < 1.29 is 18.0 Å². The van der Waals surface area contributed by atoms with Crippen molar-refractivity contribution in [3.05, 3.63) is 51.7 Å². The Bertz CT molecular complexity index is 934. The van der Waals surface area contributed by atoms with Crippen molar-refractivity contribution in [2.24, 2.45) is 0 Å². The molecular formula is C18H16F3N3OS2. The molecule has 3 rings (SSSR count). The zero-order valence-electron chi connectivity index (χ0n) is 14.5. The van der Waals surface area contributed by atoms with E-state index in [1.807, 2.05) is 16.8 Å². The number of thiophene rings is 1. The molecular weight excluding hydrogens is 395 g/mol. The number of carbonyl (C=O) groups excluding carboxylic acids is 1. The van der Waals surface area contributed by atoms with Crippen LogP contribution in [0.15, 0.2) is 40.4 Å². The zero-order valence-corrected chi connectivity index (χ0v) is 16.1. The van der Waals surface area contributed by atoms with Gasteiger partial charge in [-0.15, -0.1) is 11.3 Å². The van der Waals surface area contributed by atoms with E-state index in [0.29, 0.717) is 11.4 Å². The van der Waals surface area contributed by atoms with Gasteiger partial charge in [-0.1, -0.05) is 0 Å². The quantitative estimate of drug-likeness (QED) is 0.633. The molecule has 0 atom stereocenters. The first-order valence-corrected chi connectivity index (χ1v) is 9.71. The number of benzene rings is 1. The number of carbonyl (C=O) groups is 1. The number of nitrogens with zero attached hydrogens (tertiary/aromatic N) is 2. The van der Waals surface area contributed by atoms with Crippen molar-refractivity contribution in [2.75, 3.05) is 24.3 Å². The predicted octanol–water partition coefficient (Wildman–Crippen LogP) is 5.14. The molecule has 9 heteroatoms. The second kappa shape index (κ2) is 7.69. The van der Waals surface area contributed by atoms with Gasteiger partial charge in [-0.2, -0.15) is 24.5 Å². The van der Waals surface area contributed by atoms with E-state index in [1.54, 1.807) is 35.7 Å². The molecule has 0 aliphatic carbocycles. The fourth-order valence-corrected chi connectivity index (χ4v) is 4.00. The van der Waals surface area contributed by atoms with Crippen LogP contribution < -0.4 is 10.2 Å². The van der Waals surface area contributed by atoms with Gasteiger partial charge < -0.3 is 10.2 Å². The van der Waals surface area contributed by atoms with Crippen LogP contribution in [0.4, 0.5) is 24.5 Å². The molecule has 4 nitrogen and oxygen atoms in total. The summed E-state index contributed by atoms with van der Waals surface area (Å²) in [6.07, 6.45) is -4.49. The highest BCUT2D eigenvalue weighted by Crippen LogP contribution is 2.35. The number of aromatic nitrogens is 1. The Morgan fingerprint density at radius 1 is 1.22 bits per heavy atom. The molecule has 0 saturated heterocycles. The molecule has 0 unspecified atom stereocenters. The summed E-state index contributed by atoms with van der Waals surface area (Å²) in [6.45, 7) is 0. The van der Waals surface area contributed by atoms with E-state index in [2.05, 4.69) is 10.3 Å². The maximum atomic E-state index is 13.0. The molecule has 0 bridgehead atoms. The molecule has 0 radical (unpaired) electrons. The standard InChI is InChI=1S/C18H16F3N3OS2/c1-24(2)15-4-3-12(18(19,20)21)7-14(15)23-16(25)8-13-10-27-17(22-13)11-5-6-26-9-11/h3-7,9-10H,8H2,1-2H3,(H,23,25). The summed E-state index contributed by atoms with van der Waals surface area (Å²) < 4.78 is 39.0. The minimum atomic E-state index is -4.48. The number of hydrogen-bond donors (Lipinski definition) is 1. The second-order valence-corrected chi connectivity index (χ2v) is 7.64. The van der Waals surface area contributed by atoms with Crippen LogP contribution in [0.25, 0.3) is 10.6 Å². The van der Waals surface area contributed by atoms with Gasteiger partial charge >= 0.3 is 6.18 Å². The Hall–Kier alpha value is -2.39. The van der Waals surface area contributed by atoms with Crippen LogP contribution in [0.5, 0.6) is 0 Å². The van der Waals surface area contributed by atoms with Crippen LogP contribution in [-0.2, 0) is 17.4 Å². The number of alkyl halides is 3. The van der Waals surface area contributed by atoms with Crippen molar-refractivity contribution in [3.8, 4) is 10.6 Å². The number of anilines is 2. The maximum absolute atomic E-state index is 13.0. The Balaban J connectivity index is 1.77. The van der Waals surface area contributed by atoms with Crippen molar-refractivity contribution in [2.45, 2.75) is 12.6 Å². The largest absolute Gasteiger partial charge is 0.416 e. The van der Waals surface area contributed by atoms with Crippen LogP contribution in [0, 0.1) is 0 Å². The van der Waals surface area contributed by atoms with Gasteiger partial charge in [0.1, 0.15) is 5.01 Å². The van der Waals surface area contributed by atoms with E-state index in [1.165, 1.54) is 17.4 Å². The fourth-order valence-electron chi connectivity index (χ4n) is 2.47. The first-order valence-electron chi connectivity index (χ1n) is 7.89. The molecule has 142 valence electrons. The molecule has 0 fully saturated rings.